The van der Waals surface area contributed by atoms with Crippen molar-refractivity contribution in [1.29, 1.82) is 0 Å². The molecule has 0 radical (unpaired) electrons. The first-order valence-electron chi connectivity index (χ1n) is 8.37. The van der Waals surface area contributed by atoms with Gasteiger partial charge >= 0.3 is 0 Å². The van der Waals surface area contributed by atoms with Crippen molar-refractivity contribution in [3.8, 4) is 0 Å². The van der Waals surface area contributed by atoms with Crippen LogP contribution in [0.3, 0.4) is 0 Å². The molecule has 7 nitrogen and oxygen atoms in total. The van der Waals surface area contributed by atoms with E-state index >= 15 is 0 Å². The molecule has 0 aromatic heterocycles. The number of sulfone groups is 1. The molecule has 140 valence electrons. The van der Waals surface area contributed by atoms with Crippen molar-refractivity contribution in [3.05, 3.63) is 71.3 Å². The average Bonchev–Trinajstić information content (AvgIpc) is 3.06. The smallest absolute Gasteiger partial charge is 0.270 e. The Kier molecular flexibility index (Phi) is 5.36. The highest BCUT2D eigenvalue weighted by Crippen LogP contribution is 2.18. The second-order valence-electron chi connectivity index (χ2n) is 6.28. The molecule has 3 rings (SSSR count). The summed E-state index contributed by atoms with van der Waals surface area (Å²) >= 11 is 0. The number of hydrogen-bond donors (Lipinski definition) is 2. The Morgan fingerprint density at radius 3 is 2.11 bits per heavy atom. The molecule has 0 unspecified atom stereocenters. The van der Waals surface area contributed by atoms with Crippen LogP contribution in [0, 0.1) is 5.92 Å². The minimum Gasteiger partial charge on any atom is -0.289 e. The lowest BCUT2D eigenvalue weighted by Gasteiger charge is -2.12. The summed E-state index contributed by atoms with van der Waals surface area (Å²) in [5.74, 6) is -2.46. The highest BCUT2D eigenvalue weighted by molar-refractivity contribution is 7.91. The van der Waals surface area contributed by atoms with Crippen LogP contribution in [0.15, 0.2) is 54.6 Å². The molecular formula is C19H18N2O5S. The predicted octanol–water partition coefficient (Wildman–Crippen LogP) is 1.11. The topological polar surface area (TPSA) is 109 Å². The molecule has 8 heteroatoms. The molecule has 0 bridgehead atoms. The lowest BCUT2D eigenvalue weighted by atomic mass is 9.98. The summed E-state index contributed by atoms with van der Waals surface area (Å²) in [6.07, 6.45) is 0.229. The van der Waals surface area contributed by atoms with E-state index in [0.717, 1.165) is 0 Å². The normalized spacial score (nSPS) is 17.9. The van der Waals surface area contributed by atoms with Gasteiger partial charge in [0, 0.05) is 11.1 Å². The van der Waals surface area contributed by atoms with Crippen LogP contribution < -0.4 is 10.9 Å². The summed E-state index contributed by atoms with van der Waals surface area (Å²) in [7, 11) is -3.20. The van der Waals surface area contributed by atoms with Crippen molar-refractivity contribution in [2.24, 2.45) is 5.92 Å². The lowest BCUT2D eigenvalue weighted by Crippen LogP contribution is -2.45. The van der Waals surface area contributed by atoms with E-state index in [0.29, 0.717) is 5.56 Å². The number of ketones is 1. The molecule has 1 aliphatic rings. The van der Waals surface area contributed by atoms with Crippen molar-refractivity contribution in [2.45, 2.75) is 6.42 Å². The second-order valence-corrected chi connectivity index (χ2v) is 8.51. The standard InChI is InChI=1S/C19H18N2O5S/c22-17(13-6-2-1-3-7-13)15-8-4-5-9-16(15)19(24)21-20-18(23)14-10-11-27(25,26)12-14/h1-9,14H,10-12H2,(H,20,23)(H,21,24)/t14-/m1/s1. The van der Waals surface area contributed by atoms with E-state index < -0.39 is 27.6 Å². The van der Waals surface area contributed by atoms with E-state index in [-0.39, 0.29) is 34.8 Å². The van der Waals surface area contributed by atoms with Crippen LogP contribution in [-0.4, -0.2) is 37.5 Å². The van der Waals surface area contributed by atoms with Crippen molar-refractivity contribution >= 4 is 27.4 Å². The molecule has 0 spiro atoms. The number of nitrogens with one attached hydrogen (secondary N) is 2. The number of rotatable bonds is 4. The Balaban J connectivity index is 1.71. The molecule has 2 aromatic rings. The maximum Gasteiger partial charge on any atom is 0.270 e. The van der Waals surface area contributed by atoms with Crippen LogP contribution in [0.1, 0.15) is 32.7 Å². The summed E-state index contributed by atoms with van der Waals surface area (Å²) in [5.41, 5.74) is 5.28. The third-order valence-electron chi connectivity index (χ3n) is 4.35. The molecular weight excluding hydrogens is 368 g/mol. The fourth-order valence-corrected chi connectivity index (χ4v) is 4.66. The van der Waals surface area contributed by atoms with Crippen molar-refractivity contribution in [3.63, 3.8) is 0 Å². The van der Waals surface area contributed by atoms with Gasteiger partial charge in [0.25, 0.3) is 5.91 Å². The molecule has 2 N–H and O–H groups in total. The van der Waals surface area contributed by atoms with E-state index in [1.54, 1.807) is 42.5 Å². The van der Waals surface area contributed by atoms with Gasteiger partial charge in [0.05, 0.1) is 23.0 Å². The van der Waals surface area contributed by atoms with E-state index in [4.69, 9.17) is 0 Å². The molecule has 2 aromatic carbocycles. The molecule has 1 fully saturated rings. The van der Waals surface area contributed by atoms with Crippen LogP contribution in [0.5, 0.6) is 0 Å². The number of benzene rings is 2. The highest BCUT2D eigenvalue weighted by atomic mass is 32.2. The molecule has 0 aliphatic carbocycles. The average molecular weight is 386 g/mol. The van der Waals surface area contributed by atoms with E-state index in [9.17, 15) is 22.8 Å². The first-order valence-corrected chi connectivity index (χ1v) is 10.2. The summed E-state index contributed by atoms with van der Waals surface area (Å²) < 4.78 is 22.9. The zero-order valence-electron chi connectivity index (χ0n) is 14.3. The summed E-state index contributed by atoms with van der Waals surface area (Å²) in [6, 6.07) is 14.8. The number of carbonyl (C=O) groups is 3. The highest BCUT2D eigenvalue weighted by Gasteiger charge is 2.33. The van der Waals surface area contributed by atoms with Gasteiger partial charge in [-0.15, -0.1) is 0 Å². The SMILES string of the molecule is O=C(NNC(=O)[C@@H]1CCS(=O)(=O)C1)c1ccccc1C(=O)c1ccccc1. The molecule has 1 aliphatic heterocycles. The van der Waals surface area contributed by atoms with Gasteiger partial charge < -0.3 is 0 Å². The second kappa shape index (κ2) is 7.71. The zero-order valence-corrected chi connectivity index (χ0v) is 15.2. The number of carbonyl (C=O) groups excluding carboxylic acids is 3. The van der Waals surface area contributed by atoms with Gasteiger partial charge in [0.2, 0.25) is 5.91 Å². The summed E-state index contributed by atoms with van der Waals surface area (Å²) in [5, 5.41) is 0. The van der Waals surface area contributed by atoms with Crippen molar-refractivity contribution < 1.29 is 22.8 Å². The quantitative estimate of drug-likeness (QED) is 0.604. The summed E-state index contributed by atoms with van der Waals surface area (Å²) in [6.45, 7) is 0. The van der Waals surface area contributed by atoms with Crippen molar-refractivity contribution in [1.82, 2.24) is 10.9 Å². The minimum atomic E-state index is -3.20. The van der Waals surface area contributed by atoms with E-state index in [1.807, 2.05) is 0 Å². The Hall–Kier alpha value is -3.00. The first kappa shape index (κ1) is 18.8. The third kappa shape index (κ3) is 4.40. The number of hydrazine groups is 1. The molecule has 1 atom stereocenters. The van der Waals surface area contributed by atoms with Crippen LogP contribution in [0.25, 0.3) is 0 Å². The fraction of sp³-hybridized carbons (Fsp3) is 0.211. The van der Waals surface area contributed by atoms with Gasteiger partial charge in [-0.05, 0) is 12.5 Å². The van der Waals surface area contributed by atoms with Gasteiger partial charge in [0.15, 0.2) is 15.6 Å². The van der Waals surface area contributed by atoms with Gasteiger partial charge in [0.1, 0.15) is 0 Å². The van der Waals surface area contributed by atoms with Gasteiger partial charge in [-0.25, -0.2) is 8.42 Å². The maximum absolute atomic E-state index is 12.7. The summed E-state index contributed by atoms with van der Waals surface area (Å²) in [4.78, 5) is 37.2. The van der Waals surface area contributed by atoms with Crippen LogP contribution in [0.2, 0.25) is 0 Å². The minimum absolute atomic E-state index is 0.0343. The fourth-order valence-electron chi connectivity index (χ4n) is 2.91. The Morgan fingerprint density at radius 1 is 0.852 bits per heavy atom. The Labute approximate surface area is 156 Å². The predicted molar refractivity (Wildman–Crippen MR) is 98.7 cm³/mol. The molecule has 2 amide bonds. The monoisotopic (exact) mass is 386 g/mol. The Morgan fingerprint density at radius 2 is 1.48 bits per heavy atom. The van der Waals surface area contributed by atoms with E-state index in [1.165, 1.54) is 12.1 Å². The van der Waals surface area contributed by atoms with Gasteiger partial charge in [-0.1, -0.05) is 48.5 Å². The van der Waals surface area contributed by atoms with Gasteiger partial charge in [-0.3, -0.25) is 25.2 Å². The van der Waals surface area contributed by atoms with E-state index in [2.05, 4.69) is 10.9 Å². The zero-order chi connectivity index (χ0) is 19.4. The third-order valence-corrected chi connectivity index (χ3v) is 6.12. The van der Waals surface area contributed by atoms with Gasteiger partial charge in [-0.2, -0.15) is 0 Å². The Bertz CT molecular complexity index is 986. The lowest BCUT2D eigenvalue weighted by molar-refractivity contribution is -0.125. The van der Waals surface area contributed by atoms with Crippen LogP contribution in [-0.2, 0) is 14.6 Å². The first-order chi connectivity index (χ1) is 12.9. The molecule has 1 heterocycles. The molecule has 27 heavy (non-hydrogen) atoms. The molecule has 1 saturated heterocycles. The maximum atomic E-state index is 12.7. The largest absolute Gasteiger partial charge is 0.289 e. The van der Waals surface area contributed by atoms with Crippen LogP contribution in [0.4, 0.5) is 0 Å². The molecule has 0 saturated carbocycles. The number of amides is 2. The number of hydrogen-bond acceptors (Lipinski definition) is 5. The van der Waals surface area contributed by atoms with Crippen LogP contribution >= 0.6 is 0 Å². The van der Waals surface area contributed by atoms with Crippen molar-refractivity contribution in [2.75, 3.05) is 11.5 Å².